The zero-order chi connectivity index (χ0) is 9.10. The molecule has 0 aliphatic carbocycles. The lowest BCUT2D eigenvalue weighted by Crippen LogP contribution is -1.81. The summed E-state index contributed by atoms with van der Waals surface area (Å²) >= 11 is 0. The van der Waals surface area contributed by atoms with Crippen LogP contribution in [0.3, 0.4) is 0 Å². The third-order valence-electron chi connectivity index (χ3n) is 2.09. The largest absolute Gasteiger partial charge is 0.264 e. The molecule has 0 unspecified atom stereocenters. The van der Waals surface area contributed by atoms with E-state index in [1.165, 1.54) is 16.3 Å². The van der Waals surface area contributed by atoms with Crippen molar-refractivity contribution in [2.24, 2.45) is 0 Å². The summed E-state index contributed by atoms with van der Waals surface area (Å²) in [5.74, 6) is 0. The average molecular weight is 169 g/mol. The molecule has 0 aliphatic heterocycles. The van der Waals surface area contributed by atoms with Crippen LogP contribution in [0.15, 0.2) is 49.3 Å². The lowest BCUT2D eigenvalue weighted by Gasteiger charge is -1.99. The standard InChI is InChI=1S/C12H11N/c1-2-3-10-4-5-11-6-7-13-9-12(11)8-10/h2,4-9H,1,3H2. The molecule has 0 fully saturated rings. The zero-order valence-corrected chi connectivity index (χ0v) is 7.40. The normalized spacial score (nSPS) is 10.2. The summed E-state index contributed by atoms with van der Waals surface area (Å²) in [5, 5.41) is 2.43. The number of pyridine rings is 1. The molecule has 0 saturated carbocycles. The molecule has 2 aromatic rings. The van der Waals surface area contributed by atoms with E-state index in [4.69, 9.17) is 0 Å². The summed E-state index contributed by atoms with van der Waals surface area (Å²) in [6.07, 6.45) is 6.54. The summed E-state index contributed by atoms with van der Waals surface area (Å²) in [4.78, 5) is 4.09. The summed E-state index contributed by atoms with van der Waals surface area (Å²) < 4.78 is 0. The number of rotatable bonds is 2. The second-order valence-corrected chi connectivity index (χ2v) is 3.05. The van der Waals surface area contributed by atoms with Gasteiger partial charge < -0.3 is 0 Å². The van der Waals surface area contributed by atoms with Gasteiger partial charge in [-0.1, -0.05) is 18.2 Å². The van der Waals surface area contributed by atoms with E-state index in [2.05, 4.69) is 29.8 Å². The first kappa shape index (κ1) is 7.99. The van der Waals surface area contributed by atoms with Crippen molar-refractivity contribution < 1.29 is 0 Å². The van der Waals surface area contributed by atoms with Gasteiger partial charge in [-0.05, 0) is 29.5 Å². The quantitative estimate of drug-likeness (QED) is 0.630. The van der Waals surface area contributed by atoms with Gasteiger partial charge in [-0.3, -0.25) is 4.98 Å². The lowest BCUT2D eigenvalue weighted by atomic mass is 10.1. The van der Waals surface area contributed by atoms with Gasteiger partial charge >= 0.3 is 0 Å². The van der Waals surface area contributed by atoms with Crippen LogP contribution >= 0.6 is 0 Å². The summed E-state index contributed by atoms with van der Waals surface area (Å²) in [6, 6.07) is 8.43. The molecular weight excluding hydrogens is 158 g/mol. The molecule has 0 bridgehead atoms. The Labute approximate surface area is 77.7 Å². The molecule has 0 N–H and O–H groups in total. The zero-order valence-electron chi connectivity index (χ0n) is 7.40. The van der Waals surface area contributed by atoms with E-state index in [0.29, 0.717) is 0 Å². The fourth-order valence-corrected chi connectivity index (χ4v) is 1.43. The van der Waals surface area contributed by atoms with Gasteiger partial charge in [0, 0.05) is 17.8 Å². The van der Waals surface area contributed by atoms with Crippen LogP contribution in [0, 0.1) is 0 Å². The molecule has 0 saturated heterocycles. The van der Waals surface area contributed by atoms with Crippen molar-refractivity contribution in [3.05, 3.63) is 54.9 Å². The van der Waals surface area contributed by atoms with Crippen LogP contribution in [0.4, 0.5) is 0 Å². The minimum Gasteiger partial charge on any atom is -0.264 e. The van der Waals surface area contributed by atoms with Crippen molar-refractivity contribution in [1.82, 2.24) is 4.98 Å². The third kappa shape index (κ3) is 1.59. The molecule has 0 aliphatic rings. The van der Waals surface area contributed by atoms with E-state index in [9.17, 15) is 0 Å². The Kier molecular flexibility index (Phi) is 2.09. The summed E-state index contributed by atoms with van der Waals surface area (Å²) in [6.45, 7) is 3.72. The van der Waals surface area contributed by atoms with Gasteiger partial charge in [0.2, 0.25) is 0 Å². The Morgan fingerprint density at radius 3 is 3.00 bits per heavy atom. The van der Waals surface area contributed by atoms with Gasteiger partial charge in [0.15, 0.2) is 0 Å². The Balaban J connectivity index is 2.55. The van der Waals surface area contributed by atoms with Crippen LogP contribution < -0.4 is 0 Å². The van der Waals surface area contributed by atoms with Gasteiger partial charge in [0.25, 0.3) is 0 Å². The van der Waals surface area contributed by atoms with Crippen molar-refractivity contribution in [2.75, 3.05) is 0 Å². The molecule has 0 radical (unpaired) electrons. The Bertz CT molecular complexity index is 432. The maximum Gasteiger partial charge on any atom is 0.0346 e. The Morgan fingerprint density at radius 2 is 2.15 bits per heavy atom. The molecule has 13 heavy (non-hydrogen) atoms. The number of hydrogen-bond donors (Lipinski definition) is 0. The second kappa shape index (κ2) is 3.40. The molecule has 2 rings (SSSR count). The molecule has 0 atom stereocenters. The molecule has 0 amide bonds. The minimum atomic E-state index is 0.921. The minimum absolute atomic E-state index is 0.921. The summed E-state index contributed by atoms with van der Waals surface area (Å²) in [5.41, 5.74) is 1.29. The highest BCUT2D eigenvalue weighted by molar-refractivity contribution is 5.82. The first-order valence-electron chi connectivity index (χ1n) is 4.34. The van der Waals surface area contributed by atoms with E-state index >= 15 is 0 Å². The topological polar surface area (TPSA) is 12.9 Å². The van der Waals surface area contributed by atoms with Gasteiger partial charge in [-0.2, -0.15) is 0 Å². The van der Waals surface area contributed by atoms with Crippen LogP contribution in [0.5, 0.6) is 0 Å². The molecule has 1 nitrogen and oxygen atoms in total. The van der Waals surface area contributed by atoms with E-state index in [-0.39, 0.29) is 0 Å². The first-order chi connectivity index (χ1) is 6.40. The maximum absolute atomic E-state index is 4.09. The highest BCUT2D eigenvalue weighted by atomic mass is 14.6. The van der Waals surface area contributed by atoms with E-state index in [1.54, 1.807) is 0 Å². The molecule has 1 heteroatoms. The molecule has 1 aromatic heterocycles. The Morgan fingerprint density at radius 1 is 1.23 bits per heavy atom. The fraction of sp³-hybridized carbons (Fsp3) is 0.0833. The maximum atomic E-state index is 4.09. The van der Waals surface area contributed by atoms with Crippen molar-refractivity contribution in [3.8, 4) is 0 Å². The molecule has 0 spiro atoms. The van der Waals surface area contributed by atoms with Crippen LogP contribution in [0.25, 0.3) is 10.8 Å². The predicted molar refractivity (Wildman–Crippen MR) is 55.6 cm³/mol. The highest BCUT2D eigenvalue weighted by Crippen LogP contribution is 2.14. The van der Waals surface area contributed by atoms with E-state index < -0.39 is 0 Å². The van der Waals surface area contributed by atoms with Gasteiger partial charge in [0.05, 0.1) is 0 Å². The van der Waals surface area contributed by atoms with Crippen molar-refractivity contribution >= 4 is 10.8 Å². The Hall–Kier alpha value is -1.63. The number of fused-ring (bicyclic) bond motifs is 1. The van der Waals surface area contributed by atoms with Crippen LogP contribution in [0.2, 0.25) is 0 Å². The number of hydrogen-bond acceptors (Lipinski definition) is 1. The average Bonchev–Trinajstić information content (AvgIpc) is 2.18. The number of allylic oxidation sites excluding steroid dienone is 1. The second-order valence-electron chi connectivity index (χ2n) is 3.05. The van der Waals surface area contributed by atoms with Crippen LogP contribution in [-0.4, -0.2) is 4.98 Å². The molecule has 1 heterocycles. The van der Waals surface area contributed by atoms with Crippen molar-refractivity contribution in [3.63, 3.8) is 0 Å². The van der Waals surface area contributed by atoms with Crippen LogP contribution in [-0.2, 0) is 6.42 Å². The third-order valence-corrected chi connectivity index (χ3v) is 2.09. The first-order valence-corrected chi connectivity index (χ1v) is 4.34. The number of benzene rings is 1. The van der Waals surface area contributed by atoms with Crippen molar-refractivity contribution in [1.29, 1.82) is 0 Å². The van der Waals surface area contributed by atoms with Gasteiger partial charge in [-0.25, -0.2) is 0 Å². The van der Waals surface area contributed by atoms with Crippen molar-refractivity contribution in [2.45, 2.75) is 6.42 Å². The number of aromatic nitrogens is 1. The fourth-order valence-electron chi connectivity index (χ4n) is 1.43. The molecular formula is C12H11N. The highest BCUT2D eigenvalue weighted by Gasteiger charge is 1.93. The molecule has 1 aromatic carbocycles. The molecule has 64 valence electrons. The lowest BCUT2D eigenvalue weighted by molar-refractivity contribution is 1.28. The smallest absolute Gasteiger partial charge is 0.0346 e. The monoisotopic (exact) mass is 169 g/mol. The predicted octanol–water partition coefficient (Wildman–Crippen LogP) is 2.96. The van der Waals surface area contributed by atoms with Gasteiger partial charge in [-0.15, -0.1) is 6.58 Å². The van der Waals surface area contributed by atoms with E-state index in [0.717, 1.165) is 6.42 Å². The number of nitrogens with zero attached hydrogens (tertiary/aromatic N) is 1. The van der Waals surface area contributed by atoms with Crippen LogP contribution in [0.1, 0.15) is 5.56 Å². The summed E-state index contributed by atoms with van der Waals surface area (Å²) in [7, 11) is 0. The van der Waals surface area contributed by atoms with E-state index in [1.807, 2.05) is 24.5 Å². The SMILES string of the molecule is C=CCc1ccc2ccncc2c1. The van der Waals surface area contributed by atoms with Gasteiger partial charge in [0.1, 0.15) is 0 Å².